The fourth-order valence-corrected chi connectivity index (χ4v) is 4.94. The van der Waals surface area contributed by atoms with Crippen LogP contribution in [0.15, 0.2) is 72.8 Å². The smallest absolute Gasteiger partial charge is 0.124 e. The molecule has 5 rings (SSSR count). The highest BCUT2D eigenvalue weighted by molar-refractivity contribution is 5.88. The van der Waals surface area contributed by atoms with E-state index in [1.807, 2.05) is 0 Å². The van der Waals surface area contributed by atoms with E-state index in [9.17, 15) is 0 Å². The van der Waals surface area contributed by atoms with E-state index in [2.05, 4.69) is 83.4 Å². The monoisotopic (exact) mass is 468 g/mol. The molecule has 4 aromatic carbocycles. The second kappa shape index (κ2) is 12.1. The van der Waals surface area contributed by atoms with Gasteiger partial charge in [-0.05, 0) is 78.9 Å². The topological polar surface area (TPSA) is 42.5 Å². The van der Waals surface area contributed by atoms with Crippen molar-refractivity contribution in [1.82, 2.24) is 10.6 Å². The summed E-state index contributed by atoms with van der Waals surface area (Å²) in [5, 5.41) is 12.4. The van der Waals surface area contributed by atoms with E-state index in [0.29, 0.717) is 0 Å². The van der Waals surface area contributed by atoms with Crippen molar-refractivity contribution >= 4 is 21.5 Å². The molecule has 0 radical (unpaired) electrons. The maximum Gasteiger partial charge on any atom is 0.124 e. The molecule has 0 saturated heterocycles. The van der Waals surface area contributed by atoms with E-state index in [1.165, 1.54) is 32.7 Å². The van der Waals surface area contributed by atoms with Crippen LogP contribution >= 0.6 is 0 Å². The summed E-state index contributed by atoms with van der Waals surface area (Å²) < 4.78 is 12.5. The number of ether oxygens (including phenoxy) is 2. The standard InChI is InChI=1S/C31H36N2O2/c1-8-20-34-30-16-14-24-10-2-4-12-26(24)28(30)22-32-18-6-7-19-33-23-29-27-13-5-3-11-25(27)15-17-31(29)35-21-9-1/h2-5,10-17,32-33H,1,6-9,18-23H2. The minimum absolute atomic E-state index is 0.733. The molecule has 1 aliphatic rings. The SMILES string of the molecule is c1ccc2c3c(ccc2c1)OCCCCCOc1ccc2ccccc2c1CNCCCCNC3. The Labute approximate surface area is 208 Å². The Kier molecular flexibility index (Phi) is 8.15. The van der Waals surface area contributed by atoms with Gasteiger partial charge in [0.2, 0.25) is 0 Å². The van der Waals surface area contributed by atoms with Gasteiger partial charge in [0.25, 0.3) is 0 Å². The maximum atomic E-state index is 6.27. The molecule has 0 aliphatic carbocycles. The van der Waals surface area contributed by atoms with Gasteiger partial charge in [-0.25, -0.2) is 0 Å². The third kappa shape index (κ3) is 5.95. The molecular weight excluding hydrogens is 432 g/mol. The van der Waals surface area contributed by atoms with Crippen LogP contribution in [0.2, 0.25) is 0 Å². The van der Waals surface area contributed by atoms with Gasteiger partial charge in [-0.3, -0.25) is 0 Å². The van der Waals surface area contributed by atoms with Crippen molar-refractivity contribution in [2.24, 2.45) is 0 Å². The summed E-state index contributed by atoms with van der Waals surface area (Å²) in [5.74, 6) is 2.01. The van der Waals surface area contributed by atoms with Gasteiger partial charge in [0.1, 0.15) is 11.5 Å². The molecule has 2 N–H and O–H groups in total. The van der Waals surface area contributed by atoms with Gasteiger partial charge in [0, 0.05) is 24.2 Å². The zero-order chi connectivity index (χ0) is 23.7. The van der Waals surface area contributed by atoms with Gasteiger partial charge < -0.3 is 20.1 Å². The fourth-order valence-electron chi connectivity index (χ4n) is 4.94. The van der Waals surface area contributed by atoms with Gasteiger partial charge >= 0.3 is 0 Å². The highest BCUT2D eigenvalue weighted by Gasteiger charge is 2.11. The summed E-state index contributed by atoms with van der Waals surface area (Å²) in [6.45, 7) is 5.11. The maximum absolute atomic E-state index is 6.27. The minimum atomic E-state index is 0.733. The Morgan fingerprint density at radius 3 is 1.49 bits per heavy atom. The molecule has 0 atom stereocenters. The Bertz CT molecular complexity index is 1160. The Hall–Kier alpha value is -3.08. The molecule has 0 spiro atoms. The van der Waals surface area contributed by atoms with Crippen molar-refractivity contribution in [2.45, 2.75) is 45.2 Å². The van der Waals surface area contributed by atoms with E-state index in [4.69, 9.17) is 9.47 Å². The van der Waals surface area contributed by atoms with Crippen LogP contribution in [-0.4, -0.2) is 26.3 Å². The Morgan fingerprint density at radius 2 is 0.971 bits per heavy atom. The van der Waals surface area contributed by atoms with Crippen molar-refractivity contribution in [2.75, 3.05) is 26.3 Å². The lowest BCUT2D eigenvalue weighted by atomic mass is 10.0. The van der Waals surface area contributed by atoms with E-state index in [1.54, 1.807) is 0 Å². The lowest BCUT2D eigenvalue weighted by molar-refractivity contribution is 0.277. The van der Waals surface area contributed by atoms with E-state index in [0.717, 1.165) is 83.0 Å². The molecule has 0 fully saturated rings. The van der Waals surface area contributed by atoms with Gasteiger partial charge in [-0.15, -0.1) is 0 Å². The molecule has 35 heavy (non-hydrogen) atoms. The van der Waals surface area contributed by atoms with Gasteiger partial charge in [0.15, 0.2) is 0 Å². The summed E-state index contributed by atoms with van der Waals surface area (Å²) in [4.78, 5) is 0. The van der Waals surface area contributed by atoms with Crippen molar-refractivity contribution < 1.29 is 9.47 Å². The lowest BCUT2D eigenvalue weighted by Gasteiger charge is -2.15. The normalized spacial score (nSPS) is 16.7. The molecule has 182 valence electrons. The predicted octanol–water partition coefficient (Wildman–Crippen LogP) is 6.59. The molecule has 0 aromatic heterocycles. The van der Waals surface area contributed by atoms with Crippen molar-refractivity contribution in [1.29, 1.82) is 0 Å². The Balaban J connectivity index is 1.28. The number of nitrogens with one attached hydrogen (secondary N) is 2. The first kappa shape index (κ1) is 23.7. The third-order valence-electron chi connectivity index (χ3n) is 6.86. The van der Waals surface area contributed by atoms with Crippen LogP contribution in [0.5, 0.6) is 11.5 Å². The van der Waals surface area contributed by atoms with Crippen molar-refractivity contribution in [3.05, 3.63) is 83.9 Å². The molecule has 0 amide bonds. The molecule has 0 bridgehead atoms. The first-order chi connectivity index (χ1) is 17.4. The number of hydrogen-bond donors (Lipinski definition) is 2. The lowest BCUT2D eigenvalue weighted by Crippen LogP contribution is -2.19. The molecule has 0 unspecified atom stereocenters. The molecule has 1 heterocycles. The summed E-state index contributed by atoms with van der Waals surface area (Å²) in [7, 11) is 0. The molecular formula is C31H36N2O2. The summed E-state index contributed by atoms with van der Waals surface area (Å²) in [6, 6.07) is 25.8. The number of hydrogen-bond acceptors (Lipinski definition) is 4. The van der Waals surface area contributed by atoms with Crippen LogP contribution in [0.25, 0.3) is 21.5 Å². The van der Waals surface area contributed by atoms with Crippen LogP contribution < -0.4 is 20.1 Å². The van der Waals surface area contributed by atoms with E-state index >= 15 is 0 Å². The number of fused-ring (bicyclic) bond motifs is 6. The zero-order valence-corrected chi connectivity index (χ0v) is 20.5. The highest BCUT2D eigenvalue weighted by atomic mass is 16.5. The second-order valence-corrected chi connectivity index (χ2v) is 9.35. The summed E-state index contributed by atoms with van der Waals surface area (Å²) >= 11 is 0. The third-order valence-corrected chi connectivity index (χ3v) is 6.86. The van der Waals surface area contributed by atoms with Crippen LogP contribution in [0.1, 0.15) is 43.2 Å². The molecule has 4 heteroatoms. The van der Waals surface area contributed by atoms with Crippen molar-refractivity contribution in [3.8, 4) is 11.5 Å². The summed E-state index contributed by atoms with van der Waals surface area (Å²) in [5.41, 5.74) is 2.54. The first-order valence-electron chi connectivity index (χ1n) is 13.1. The largest absolute Gasteiger partial charge is 0.493 e. The van der Waals surface area contributed by atoms with E-state index in [-0.39, 0.29) is 0 Å². The van der Waals surface area contributed by atoms with Gasteiger partial charge in [-0.1, -0.05) is 60.7 Å². The number of rotatable bonds is 0. The molecule has 1 aliphatic heterocycles. The molecule has 0 saturated carbocycles. The minimum Gasteiger partial charge on any atom is -0.493 e. The van der Waals surface area contributed by atoms with Crippen molar-refractivity contribution in [3.63, 3.8) is 0 Å². The highest BCUT2D eigenvalue weighted by Crippen LogP contribution is 2.30. The van der Waals surface area contributed by atoms with Crippen LogP contribution in [-0.2, 0) is 13.1 Å². The Morgan fingerprint density at radius 1 is 0.486 bits per heavy atom. The van der Waals surface area contributed by atoms with Gasteiger partial charge in [-0.2, -0.15) is 0 Å². The van der Waals surface area contributed by atoms with Crippen LogP contribution in [0.3, 0.4) is 0 Å². The molecule has 4 aromatic rings. The summed E-state index contributed by atoms with van der Waals surface area (Å²) in [6.07, 6.45) is 5.40. The van der Waals surface area contributed by atoms with Crippen LogP contribution in [0.4, 0.5) is 0 Å². The predicted molar refractivity (Wildman–Crippen MR) is 145 cm³/mol. The average molecular weight is 469 g/mol. The van der Waals surface area contributed by atoms with E-state index < -0.39 is 0 Å². The first-order valence-corrected chi connectivity index (χ1v) is 13.1. The molecule has 4 nitrogen and oxygen atoms in total. The second-order valence-electron chi connectivity index (χ2n) is 9.35. The fraction of sp³-hybridized carbons (Fsp3) is 0.355. The average Bonchev–Trinajstić information content (AvgIpc) is 2.90. The number of benzene rings is 4. The zero-order valence-electron chi connectivity index (χ0n) is 20.5. The quantitative estimate of drug-likeness (QED) is 0.305. The van der Waals surface area contributed by atoms with Crippen LogP contribution in [0, 0.1) is 0 Å². The van der Waals surface area contributed by atoms with Gasteiger partial charge in [0.05, 0.1) is 13.2 Å².